The summed E-state index contributed by atoms with van der Waals surface area (Å²) >= 11 is 0. The molecule has 132 valence electrons. The number of carboxylic acids is 1. The van der Waals surface area contributed by atoms with Gasteiger partial charge in [-0.25, -0.2) is 9.78 Å². The molecule has 2 aromatic carbocycles. The molecule has 0 saturated heterocycles. The van der Waals surface area contributed by atoms with Crippen LogP contribution in [0.25, 0.3) is 21.8 Å². The minimum atomic E-state index is -1.04. The second-order valence-electron chi connectivity index (χ2n) is 6.10. The van der Waals surface area contributed by atoms with Crippen molar-refractivity contribution in [2.45, 2.75) is 25.3 Å². The van der Waals surface area contributed by atoms with Crippen LogP contribution < -0.4 is 5.32 Å². The van der Waals surface area contributed by atoms with Gasteiger partial charge < -0.3 is 10.4 Å². The third-order valence-electron chi connectivity index (χ3n) is 4.32. The van der Waals surface area contributed by atoms with E-state index in [1.165, 1.54) is 0 Å². The Balaban J connectivity index is 2.03. The van der Waals surface area contributed by atoms with Crippen LogP contribution in [0.1, 0.15) is 29.6 Å². The van der Waals surface area contributed by atoms with Crippen LogP contribution in [0.5, 0.6) is 0 Å². The third-order valence-corrected chi connectivity index (χ3v) is 4.32. The molecule has 0 spiro atoms. The Hall–Kier alpha value is -3.21. The summed E-state index contributed by atoms with van der Waals surface area (Å²) in [6, 6.07) is 13.8. The summed E-state index contributed by atoms with van der Waals surface area (Å²) < 4.78 is 0. The minimum Gasteiger partial charge on any atom is -0.480 e. The number of aromatic nitrogens is 1. The van der Waals surface area contributed by atoms with Gasteiger partial charge in [0.05, 0.1) is 16.6 Å². The number of nitrogens with one attached hydrogen (secondary N) is 1. The van der Waals surface area contributed by atoms with Crippen molar-refractivity contribution >= 4 is 33.7 Å². The Morgan fingerprint density at radius 1 is 1.08 bits per heavy atom. The summed E-state index contributed by atoms with van der Waals surface area (Å²) in [6.07, 6.45) is 3.46. The molecule has 1 heterocycles. The zero-order chi connectivity index (χ0) is 18.5. The average Bonchev–Trinajstić information content (AvgIpc) is 2.65. The molecule has 0 aliphatic heterocycles. The van der Waals surface area contributed by atoms with Crippen molar-refractivity contribution in [2.75, 3.05) is 0 Å². The molecule has 2 N–H and O–H groups in total. The number of hydrogen-bond donors (Lipinski definition) is 2. The maximum absolute atomic E-state index is 13.0. The number of amides is 1. The van der Waals surface area contributed by atoms with Crippen LogP contribution in [0.4, 0.5) is 0 Å². The number of nitrogens with zero attached hydrogens (tertiary/aromatic N) is 1. The first-order valence-corrected chi connectivity index (χ1v) is 8.54. The normalized spacial score (nSPS) is 12.0. The number of pyridine rings is 1. The highest BCUT2D eigenvalue weighted by atomic mass is 16.4. The summed E-state index contributed by atoms with van der Waals surface area (Å²) in [5.41, 5.74) is 1.87. The molecule has 0 unspecified atom stereocenters. The molecule has 0 fully saturated rings. The van der Waals surface area contributed by atoms with Gasteiger partial charge in [0.2, 0.25) is 0 Å². The highest BCUT2D eigenvalue weighted by Crippen LogP contribution is 2.26. The van der Waals surface area contributed by atoms with Gasteiger partial charge in [-0.1, -0.05) is 42.5 Å². The van der Waals surface area contributed by atoms with E-state index in [1.807, 2.05) is 48.5 Å². The van der Waals surface area contributed by atoms with Gasteiger partial charge in [0, 0.05) is 10.8 Å². The predicted molar refractivity (Wildman–Crippen MR) is 102 cm³/mol. The standard InChI is InChI=1S/C21H20N2O3/c1-2-3-4-13-18(21(25)26)23-20(24)19-14-9-5-7-11-16(14)22-17-12-8-6-10-15(17)19/h2,5-12,18H,1,3-4,13H2,(H,23,24)(H,25,26)/t18-/m1/s1. The number of allylic oxidation sites excluding steroid dienone is 1. The van der Waals surface area contributed by atoms with Crippen LogP contribution in [0.15, 0.2) is 61.2 Å². The van der Waals surface area contributed by atoms with Crippen LogP contribution in [-0.4, -0.2) is 28.0 Å². The topological polar surface area (TPSA) is 79.3 Å². The molecule has 0 radical (unpaired) electrons. The number of hydrogen-bond acceptors (Lipinski definition) is 3. The van der Waals surface area contributed by atoms with E-state index < -0.39 is 17.9 Å². The summed E-state index contributed by atoms with van der Waals surface area (Å²) in [4.78, 5) is 29.1. The van der Waals surface area contributed by atoms with Gasteiger partial charge in [-0.05, 0) is 31.4 Å². The van der Waals surface area contributed by atoms with Crippen LogP contribution >= 0.6 is 0 Å². The fourth-order valence-electron chi connectivity index (χ4n) is 3.04. The molecule has 1 amide bonds. The third kappa shape index (κ3) is 3.57. The van der Waals surface area contributed by atoms with Crippen molar-refractivity contribution < 1.29 is 14.7 Å². The minimum absolute atomic E-state index is 0.355. The SMILES string of the molecule is C=CCCC[C@@H](NC(=O)c1c2ccccc2nc2ccccc12)C(=O)O. The highest BCUT2D eigenvalue weighted by molar-refractivity contribution is 6.16. The number of benzene rings is 2. The number of para-hydroxylation sites is 2. The second kappa shape index (κ2) is 7.78. The van der Waals surface area contributed by atoms with Crippen molar-refractivity contribution in [3.05, 3.63) is 66.7 Å². The van der Waals surface area contributed by atoms with Crippen molar-refractivity contribution in [3.8, 4) is 0 Å². The Morgan fingerprint density at radius 2 is 1.65 bits per heavy atom. The number of carbonyl (C=O) groups is 2. The maximum atomic E-state index is 13.0. The molecule has 1 atom stereocenters. The lowest BCUT2D eigenvalue weighted by Gasteiger charge is -2.16. The van der Waals surface area contributed by atoms with Crippen molar-refractivity contribution in [2.24, 2.45) is 0 Å². The monoisotopic (exact) mass is 348 g/mol. The number of fused-ring (bicyclic) bond motifs is 2. The lowest BCUT2D eigenvalue weighted by atomic mass is 10.0. The first kappa shape index (κ1) is 17.6. The molecule has 5 heteroatoms. The number of carbonyl (C=O) groups excluding carboxylic acids is 1. The molecule has 1 aromatic heterocycles. The van der Waals surface area contributed by atoms with E-state index in [-0.39, 0.29) is 0 Å². The molecule has 3 rings (SSSR count). The van der Waals surface area contributed by atoms with Crippen molar-refractivity contribution in [3.63, 3.8) is 0 Å². The van der Waals surface area contributed by atoms with Gasteiger partial charge in [-0.2, -0.15) is 0 Å². The van der Waals surface area contributed by atoms with E-state index in [1.54, 1.807) is 6.08 Å². The van der Waals surface area contributed by atoms with Gasteiger partial charge >= 0.3 is 5.97 Å². The van der Waals surface area contributed by atoms with Crippen molar-refractivity contribution in [1.29, 1.82) is 0 Å². The number of carboxylic acid groups (broad SMARTS) is 1. The number of aliphatic carboxylic acids is 1. The second-order valence-corrected chi connectivity index (χ2v) is 6.10. The zero-order valence-corrected chi connectivity index (χ0v) is 14.3. The first-order valence-electron chi connectivity index (χ1n) is 8.54. The van der Waals surface area contributed by atoms with Gasteiger partial charge in [-0.15, -0.1) is 6.58 Å². The van der Waals surface area contributed by atoms with Crippen molar-refractivity contribution in [1.82, 2.24) is 10.3 Å². The van der Waals surface area contributed by atoms with Crippen LogP contribution in [-0.2, 0) is 4.79 Å². The number of rotatable bonds is 7. The maximum Gasteiger partial charge on any atom is 0.326 e. The molecule has 0 bridgehead atoms. The molecular weight excluding hydrogens is 328 g/mol. The van der Waals surface area contributed by atoms with Crippen LogP contribution in [0.3, 0.4) is 0 Å². The molecule has 5 nitrogen and oxygen atoms in total. The Bertz CT molecular complexity index is 927. The summed E-state index contributed by atoms with van der Waals surface area (Å²) in [7, 11) is 0. The fraction of sp³-hybridized carbons (Fsp3) is 0.190. The van der Waals surface area contributed by atoms with Gasteiger partial charge in [0.15, 0.2) is 0 Å². The zero-order valence-electron chi connectivity index (χ0n) is 14.3. The molecule has 3 aromatic rings. The Morgan fingerprint density at radius 3 is 2.19 bits per heavy atom. The predicted octanol–water partition coefficient (Wildman–Crippen LogP) is 3.93. The summed E-state index contributed by atoms with van der Waals surface area (Å²) in [5.74, 6) is -1.43. The Labute approximate surface area is 151 Å². The Kier molecular flexibility index (Phi) is 5.27. The van der Waals surface area contributed by atoms with E-state index in [0.717, 1.165) is 0 Å². The molecule has 0 aliphatic carbocycles. The van der Waals surface area contributed by atoms with Crippen LogP contribution in [0, 0.1) is 0 Å². The highest BCUT2D eigenvalue weighted by Gasteiger charge is 2.23. The quantitative estimate of drug-likeness (QED) is 0.385. The van der Waals surface area contributed by atoms with E-state index in [9.17, 15) is 14.7 Å². The average molecular weight is 348 g/mol. The van der Waals surface area contributed by atoms with Gasteiger partial charge in [0.1, 0.15) is 6.04 Å². The molecule has 0 saturated carbocycles. The molecule has 26 heavy (non-hydrogen) atoms. The largest absolute Gasteiger partial charge is 0.480 e. The van der Waals surface area contributed by atoms with Gasteiger partial charge in [0.25, 0.3) is 5.91 Å². The lowest BCUT2D eigenvalue weighted by molar-refractivity contribution is -0.139. The van der Waals surface area contributed by atoms with E-state index in [4.69, 9.17) is 0 Å². The summed E-state index contributed by atoms with van der Waals surface area (Å²) in [5, 5.41) is 13.5. The smallest absolute Gasteiger partial charge is 0.326 e. The molecule has 0 aliphatic rings. The van der Waals surface area contributed by atoms with Gasteiger partial charge in [-0.3, -0.25) is 4.79 Å². The molecular formula is C21H20N2O3. The van der Waals surface area contributed by atoms with E-state index in [0.29, 0.717) is 46.6 Å². The number of unbranched alkanes of at least 4 members (excludes halogenated alkanes) is 1. The first-order chi connectivity index (χ1) is 12.6. The lowest BCUT2D eigenvalue weighted by Crippen LogP contribution is -2.40. The van der Waals surface area contributed by atoms with Crippen LogP contribution in [0.2, 0.25) is 0 Å². The fourth-order valence-corrected chi connectivity index (χ4v) is 3.04. The van der Waals surface area contributed by atoms with E-state index in [2.05, 4.69) is 16.9 Å². The summed E-state index contributed by atoms with van der Waals surface area (Å²) in [6.45, 7) is 3.64. The van der Waals surface area contributed by atoms with E-state index >= 15 is 0 Å².